The Labute approximate surface area is 141 Å². The molecule has 1 aliphatic rings. The predicted octanol–water partition coefficient (Wildman–Crippen LogP) is -1.88. The maximum atomic E-state index is 12.9. The third-order valence-electron chi connectivity index (χ3n) is 4.10. The number of nitrogens with one attached hydrogen (secondary N) is 1. The Balaban J connectivity index is 2.28. The van der Waals surface area contributed by atoms with E-state index in [0.717, 1.165) is 4.57 Å². The molecule has 1 saturated heterocycles. The van der Waals surface area contributed by atoms with Crippen molar-refractivity contribution >= 4 is 57.4 Å². The van der Waals surface area contributed by atoms with Crippen LogP contribution in [0.4, 0.5) is 5.69 Å². The van der Waals surface area contributed by atoms with Gasteiger partial charge in [0.2, 0.25) is 11.8 Å². The first kappa shape index (κ1) is 16.4. The molecule has 1 unspecified atom stereocenters. The van der Waals surface area contributed by atoms with Gasteiger partial charge in [0, 0.05) is 5.69 Å². The number of rotatable bonds is 1. The average molecular weight is 316 g/mol. The van der Waals surface area contributed by atoms with Gasteiger partial charge in [0.1, 0.15) is 19.7 Å². The molecule has 7 nitrogen and oxygen atoms in total. The lowest BCUT2D eigenvalue weighted by Gasteiger charge is -2.35. The summed E-state index contributed by atoms with van der Waals surface area (Å²) >= 11 is 0. The summed E-state index contributed by atoms with van der Waals surface area (Å²) in [6.07, 6.45) is -0.242. The van der Waals surface area contributed by atoms with Gasteiger partial charge in [-0.25, -0.2) is 4.98 Å². The van der Waals surface area contributed by atoms with Gasteiger partial charge in [-0.15, -0.1) is 0 Å². The number of nitrogens with zero attached hydrogens (tertiary/aromatic N) is 2. The molecule has 0 bridgehead atoms. The molecule has 2 amide bonds. The number of nitrogens with two attached hydrogens (primary N) is 1. The van der Waals surface area contributed by atoms with Crippen molar-refractivity contribution in [1.29, 1.82) is 0 Å². The summed E-state index contributed by atoms with van der Waals surface area (Å²) in [5.41, 5.74) is 6.06. The molecular formula is C14H11B3N4O3. The predicted molar refractivity (Wildman–Crippen MR) is 91.5 cm³/mol. The van der Waals surface area contributed by atoms with Crippen molar-refractivity contribution in [2.24, 2.45) is 0 Å². The zero-order valence-corrected chi connectivity index (χ0v) is 12.9. The number of hydrogen-bond acceptors (Lipinski definition) is 5. The van der Waals surface area contributed by atoms with Crippen molar-refractivity contribution in [3.05, 3.63) is 28.3 Å². The molecule has 0 aliphatic carbocycles. The molecule has 3 N–H and O–H groups in total. The Morgan fingerprint density at radius 1 is 1.33 bits per heavy atom. The van der Waals surface area contributed by atoms with E-state index in [1.54, 1.807) is 13.0 Å². The lowest BCUT2D eigenvalue weighted by Crippen LogP contribution is -2.52. The van der Waals surface area contributed by atoms with Crippen LogP contribution in [0.2, 0.25) is 5.21 Å². The molecule has 3 rings (SSSR count). The first-order valence-electron chi connectivity index (χ1n) is 7.13. The van der Waals surface area contributed by atoms with Gasteiger partial charge in [-0.2, -0.15) is 0 Å². The van der Waals surface area contributed by atoms with Gasteiger partial charge in [-0.3, -0.25) is 24.3 Å². The van der Waals surface area contributed by atoms with Crippen molar-refractivity contribution < 1.29 is 9.59 Å². The summed E-state index contributed by atoms with van der Waals surface area (Å²) in [6.45, 7) is 1.54. The van der Waals surface area contributed by atoms with Crippen LogP contribution in [0, 0.1) is 6.92 Å². The Bertz CT molecular complexity index is 954. The van der Waals surface area contributed by atoms with Crippen molar-refractivity contribution in [2.45, 2.75) is 24.6 Å². The van der Waals surface area contributed by atoms with Crippen molar-refractivity contribution in [2.75, 3.05) is 5.73 Å². The van der Waals surface area contributed by atoms with Gasteiger partial charge in [0.15, 0.2) is 0 Å². The summed E-state index contributed by atoms with van der Waals surface area (Å²) in [7, 11) is 17.3. The lowest BCUT2D eigenvalue weighted by atomic mass is 9.50. The Morgan fingerprint density at radius 2 is 2.00 bits per heavy atom. The summed E-state index contributed by atoms with van der Waals surface area (Å²) in [5.74, 6) is -1.25. The van der Waals surface area contributed by atoms with E-state index in [0.29, 0.717) is 5.46 Å². The quantitative estimate of drug-likeness (QED) is 0.364. The van der Waals surface area contributed by atoms with E-state index in [-0.39, 0.29) is 28.8 Å². The second-order valence-electron chi connectivity index (χ2n) is 5.88. The molecule has 24 heavy (non-hydrogen) atoms. The third kappa shape index (κ3) is 2.33. The monoisotopic (exact) mass is 316 g/mol. The minimum absolute atomic E-state index is 0.102. The molecule has 6 radical (unpaired) electrons. The number of carbonyl (C=O) groups is 2. The minimum atomic E-state index is -1.78. The standard InChI is InChI=1S/C14H11B3N4O3/c1-5-19-10-6(15)2-3-7(18)9(10)12(23)21(5)8-4-14(16,17)13(24)20-11(8)22/h2-3,8H,4,18H2,1H3,(H,20,22,24). The van der Waals surface area contributed by atoms with Crippen LogP contribution in [-0.2, 0) is 9.59 Å². The smallest absolute Gasteiger partial charge is 0.264 e. The second-order valence-corrected chi connectivity index (χ2v) is 5.88. The van der Waals surface area contributed by atoms with Gasteiger partial charge >= 0.3 is 0 Å². The SMILES string of the molecule is [B]c1ccc(N)c2c(=O)n(C3CC([B])([B])C(=O)NC3=O)c(C)nc12. The Morgan fingerprint density at radius 3 is 2.67 bits per heavy atom. The molecule has 1 aromatic carbocycles. The molecule has 1 fully saturated rings. The first-order valence-corrected chi connectivity index (χ1v) is 7.13. The fourth-order valence-corrected chi connectivity index (χ4v) is 2.84. The second kappa shape index (κ2) is 5.26. The normalized spacial score (nSPS) is 20.1. The van der Waals surface area contributed by atoms with Crippen molar-refractivity contribution in [3.8, 4) is 0 Å². The number of hydrogen-bond donors (Lipinski definition) is 2. The van der Waals surface area contributed by atoms with Crippen LogP contribution in [0.3, 0.4) is 0 Å². The van der Waals surface area contributed by atoms with Crippen LogP contribution in [0.15, 0.2) is 16.9 Å². The molecule has 2 heterocycles. The highest BCUT2D eigenvalue weighted by atomic mass is 16.2. The third-order valence-corrected chi connectivity index (χ3v) is 4.10. The molecule has 1 aliphatic heterocycles. The number of anilines is 1. The van der Waals surface area contributed by atoms with E-state index in [1.807, 2.05) is 0 Å². The van der Waals surface area contributed by atoms with Crippen molar-refractivity contribution in [1.82, 2.24) is 14.9 Å². The van der Waals surface area contributed by atoms with Crippen LogP contribution >= 0.6 is 0 Å². The van der Waals surface area contributed by atoms with Gasteiger partial charge in [0.25, 0.3) is 5.56 Å². The number of aromatic nitrogens is 2. The molecule has 1 aromatic heterocycles. The number of imide groups is 1. The maximum absolute atomic E-state index is 12.9. The van der Waals surface area contributed by atoms with Gasteiger partial charge < -0.3 is 5.73 Å². The molecule has 0 saturated carbocycles. The van der Waals surface area contributed by atoms with Crippen LogP contribution in [-0.4, -0.2) is 44.9 Å². The molecular weight excluding hydrogens is 305 g/mol. The summed E-state index contributed by atoms with van der Waals surface area (Å²) in [5, 5.41) is 0.400. The number of carbonyl (C=O) groups excluding carboxylic acids is 2. The zero-order valence-electron chi connectivity index (χ0n) is 12.9. The lowest BCUT2D eigenvalue weighted by molar-refractivity contribution is -0.136. The molecule has 10 heteroatoms. The topological polar surface area (TPSA) is 107 Å². The average Bonchev–Trinajstić information content (AvgIpc) is 2.48. The van der Waals surface area contributed by atoms with Gasteiger partial charge in [0.05, 0.1) is 26.6 Å². The molecule has 1 atom stereocenters. The van der Waals surface area contributed by atoms with E-state index < -0.39 is 28.6 Å². The Kier molecular flexibility index (Phi) is 3.58. The van der Waals surface area contributed by atoms with Gasteiger partial charge in [-0.05, 0) is 24.6 Å². The highest BCUT2D eigenvalue weighted by molar-refractivity contribution is 6.52. The number of amides is 2. The number of fused-ring (bicyclic) bond motifs is 1. The summed E-state index contributed by atoms with van der Waals surface area (Å²) in [6, 6.07) is 1.95. The minimum Gasteiger partial charge on any atom is -0.398 e. The van der Waals surface area contributed by atoms with Crippen LogP contribution in [0.25, 0.3) is 10.9 Å². The van der Waals surface area contributed by atoms with Crippen LogP contribution in [0.5, 0.6) is 0 Å². The highest BCUT2D eigenvalue weighted by Crippen LogP contribution is 2.33. The summed E-state index contributed by atoms with van der Waals surface area (Å²) in [4.78, 5) is 41.0. The number of benzene rings is 1. The van der Waals surface area contributed by atoms with Crippen LogP contribution in [0.1, 0.15) is 18.3 Å². The molecule has 114 valence electrons. The zero-order chi connectivity index (χ0) is 17.8. The summed E-state index contributed by atoms with van der Waals surface area (Å²) < 4.78 is 1.13. The number of aryl methyl sites for hydroxylation is 1. The first-order chi connectivity index (χ1) is 11.1. The maximum Gasteiger partial charge on any atom is 0.264 e. The van der Waals surface area contributed by atoms with E-state index in [9.17, 15) is 14.4 Å². The Hall–Kier alpha value is -2.51. The van der Waals surface area contributed by atoms with E-state index in [1.165, 1.54) is 6.07 Å². The van der Waals surface area contributed by atoms with E-state index >= 15 is 0 Å². The fourth-order valence-electron chi connectivity index (χ4n) is 2.84. The fraction of sp³-hybridized carbons (Fsp3) is 0.286. The largest absolute Gasteiger partial charge is 0.398 e. The van der Waals surface area contributed by atoms with E-state index in [2.05, 4.69) is 10.3 Å². The number of nitrogen functional groups attached to an aromatic ring is 1. The molecule has 0 spiro atoms. The van der Waals surface area contributed by atoms with Crippen molar-refractivity contribution in [3.63, 3.8) is 0 Å². The van der Waals surface area contributed by atoms with E-state index in [4.69, 9.17) is 29.3 Å². The van der Waals surface area contributed by atoms with Gasteiger partial charge in [-0.1, -0.05) is 11.5 Å². The highest BCUT2D eigenvalue weighted by Gasteiger charge is 2.41. The number of piperidine rings is 1. The van der Waals surface area contributed by atoms with Crippen LogP contribution < -0.4 is 22.1 Å². The molecule has 2 aromatic rings.